The van der Waals surface area contributed by atoms with Gasteiger partial charge in [-0.3, -0.25) is 0 Å². The lowest BCUT2D eigenvalue weighted by Gasteiger charge is -1.89. The van der Waals surface area contributed by atoms with Gasteiger partial charge in [0.05, 0.1) is 24.8 Å². The Balaban J connectivity index is 2.89. The van der Waals surface area contributed by atoms with Crippen molar-refractivity contribution in [2.45, 2.75) is 0 Å². The fourth-order valence-electron chi connectivity index (χ4n) is 0.747. The van der Waals surface area contributed by atoms with E-state index in [2.05, 4.69) is 20.4 Å². The van der Waals surface area contributed by atoms with Crippen LogP contribution in [0.3, 0.4) is 0 Å². The van der Waals surface area contributed by atoms with E-state index in [0.717, 1.165) is 10.8 Å². The van der Waals surface area contributed by atoms with E-state index < -0.39 is 0 Å². The molecule has 0 radical (unpaired) electrons. The van der Waals surface area contributed by atoms with Crippen LogP contribution >= 0.6 is 0 Å². The van der Waals surface area contributed by atoms with E-state index in [1.54, 1.807) is 24.8 Å². The normalized spacial score (nSPS) is 10.0. The molecule has 2 aromatic rings. The minimum Gasteiger partial charge on any atom is -0.158 e. The van der Waals surface area contributed by atoms with Crippen LogP contribution in [-0.4, -0.2) is 20.4 Å². The second-order valence-electron chi connectivity index (χ2n) is 1.89. The average molecular weight is 132 g/mol. The highest BCUT2D eigenvalue weighted by Gasteiger charge is 1.89. The van der Waals surface area contributed by atoms with Crippen LogP contribution in [0.4, 0.5) is 0 Å². The van der Waals surface area contributed by atoms with Gasteiger partial charge in [0.15, 0.2) is 0 Å². The smallest absolute Gasteiger partial charge is 0.0591 e. The van der Waals surface area contributed by atoms with E-state index in [0.29, 0.717) is 0 Å². The molecular formula is C6H4N4. The van der Waals surface area contributed by atoms with Crippen LogP contribution in [0, 0.1) is 0 Å². The summed E-state index contributed by atoms with van der Waals surface area (Å²) in [4.78, 5) is 0. The molecule has 0 aromatic carbocycles. The van der Waals surface area contributed by atoms with E-state index in [1.807, 2.05) is 0 Å². The monoisotopic (exact) mass is 132 g/mol. The van der Waals surface area contributed by atoms with E-state index in [9.17, 15) is 0 Å². The van der Waals surface area contributed by atoms with Crippen LogP contribution < -0.4 is 0 Å². The molecule has 0 bridgehead atoms. The Hall–Kier alpha value is -1.58. The Bertz CT molecular complexity index is 281. The fourth-order valence-corrected chi connectivity index (χ4v) is 0.747. The molecule has 0 amide bonds. The molecule has 2 rings (SSSR count). The summed E-state index contributed by atoms with van der Waals surface area (Å²) >= 11 is 0. The van der Waals surface area contributed by atoms with Gasteiger partial charge >= 0.3 is 0 Å². The topological polar surface area (TPSA) is 51.6 Å². The molecule has 0 saturated heterocycles. The van der Waals surface area contributed by atoms with Crippen LogP contribution in [0.5, 0.6) is 0 Å². The largest absolute Gasteiger partial charge is 0.158 e. The third-order valence-electron chi connectivity index (χ3n) is 1.25. The van der Waals surface area contributed by atoms with E-state index in [4.69, 9.17) is 0 Å². The first-order chi connectivity index (χ1) is 4.97. The minimum absolute atomic E-state index is 0.963. The predicted octanol–water partition coefficient (Wildman–Crippen LogP) is 0.420. The third-order valence-corrected chi connectivity index (χ3v) is 1.25. The lowest BCUT2D eigenvalue weighted by molar-refractivity contribution is 1.02. The SMILES string of the molecule is c1nncc2cnncc12. The van der Waals surface area contributed by atoms with Crippen molar-refractivity contribution in [2.24, 2.45) is 0 Å². The summed E-state index contributed by atoms with van der Waals surface area (Å²) in [6.07, 6.45) is 6.63. The second kappa shape index (κ2) is 1.98. The van der Waals surface area contributed by atoms with Gasteiger partial charge in [-0.05, 0) is 0 Å². The number of rotatable bonds is 0. The molecule has 0 aliphatic rings. The highest BCUT2D eigenvalue weighted by molar-refractivity contribution is 5.78. The molecule has 0 fully saturated rings. The molecular weight excluding hydrogens is 128 g/mol. The first-order valence-electron chi connectivity index (χ1n) is 2.84. The standard InChI is InChI=1S/C6H4N4/c1-5-2-9-10-4-6(5)3-8-7-1/h1-4H. The quantitative estimate of drug-likeness (QED) is 0.521. The van der Waals surface area contributed by atoms with E-state index in [-0.39, 0.29) is 0 Å². The molecule has 0 unspecified atom stereocenters. The number of hydrogen-bond donors (Lipinski definition) is 0. The van der Waals surface area contributed by atoms with E-state index in [1.165, 1.54) is 0 Å². The van der Waals surface area contributed by atoms with Crippen molar-refractivity contribution >= 4 is 10.8 Å². The van der Waals surface area contributed by atoms with Gasteiger partial charge in [-0.15, -0.1) is 0 Å². The molecule has 48 valence electrons. The average Bonchev–Trinajstić information content (AvgIpc) is 2.05. The zero-order valence-electron chi connectivity index (χ0n) is 5.10. The lowest BCUT2D eigenvalue weighted by Crippen LogP contribution is -1.83. The second-order valence-corrected chi connectivity index (χ2v) is 1.89. The molecule has 0 spiro atoms. The summed E-state index contributed by atoms with van der Waals surface area (Å²) in [6, 6.07) is 0. The Morgan fingerprint density at radius 3 is 1.20 bits per heavy atom. The predicted molar refractivity (Wildman–Crippen MR) is 35.1 cm³/mol. The lowest BCUT2D eigenvalue weighted by atomic mass is 10.3. The van der Waals surface area contributed by atoms with Gasteiger partial charge in [-0.2, -0.15) is 20.4 Å². The third kappa shape index (κ3) is 0.699. The molecule has 0 aliphatic carbocycles. The number of hydrogen-bond acceptors (Lipinski definition) is 4. The van der Waals surface area contributed by atoms with Crippen LogP contribution in [0.1, 0.15) is 0 Å². The summed E-state index contributed by atoms with van der Waals surface area (Å²) in [5, 5.41) is 16.7. The fraction of sp³-hybridized carbons (Fsp3) is 0. The van der Waals surface area contributed by atoms with Crippen LogP contribution in [0.25, 0.3) is 10.8 Å². The zero-order chi connectivity index (χ0) is 6.81. The summed E-state index contributed by atoms with van der Waals surface area (Å²) in [7, 11) is 0. The van der Waals surface area contributed by atoms with Gasteiger partial charge < -0.3 is 0 Å². The highest BCUT2D eigenvalue weighted by Crippen LogP contribution is 2.04. The van der Waals surface area contributed by atoms with Crippen molar-refractivity contribution in [3.8, 4) is 0 Å². The Kier molecular flexibility index (Phi) is 1.04. The molecule has 0 atom stereocenters. The Labute approximate surface area is 56.9 Å². The van der Waals surface area contributed by atoms with Crippen LogP contribution in [-0.2, 0) is 0 Å². The van der Waals surface area contributed by atoms with Crippen molar-refractivity contribution in [2.75, 3.05) is 0 Å². The molecule has 2 aromatic heterocycles. The molecule has 4 nitrogen and oxygen atoms in total. The van der Waals surface area contributed by atoms with Gasteiger partial charge in [-0.1, -0.05) is 0 Å². The maximum absolute atomic E-state index is 3.70. The zero-order valence-corrected chi connectivity index (χ0v) is 5.10. The van der Waals surface area contributed by atoms with Gasteiger partial charge in [0.2, 0.25) is 0 Å². The summed E-state index contributed by atoms with van der Waals surface area (Å²) < 4.78 is 0. The highest BCUT2D eigenvalue weighted by atomic mass is 15.1. The van der Waals surface area contributed by atoms with Crippen molar-refractivity contribution in [3.05, 3.63) is 24.8 Å². The number of nitrogens with zero attached hydrogens (tertiary/aromatic N) is 4. The van der Waals surface area contributed by atoms with Gasteiger partial charge in [0, 0.05) is 10.8 Å². The molecule has 4 heteroatoms. The summed E-state index contributed by atoms with van der Waals surface area (Å²) in [5.41, 5.74) is 0. The van der Waals surface area contributed by atoms with Gasteiger partial charge in [0.1, 0.15) is 0 Å². The van der Waals surface area contributed by atoms with Crippen molar-refractivity contribution < 1.29 is 0 Å². The van der Waals surface area contributed by atoms with Crippen LogP contribution in [0.2, 0.25) is 0 Å². The molecule has 0 saturated carbocycles. The minimum atomic E-state index is 0.963. The molecule has 10 heavy (non-hydrogen) atoms. The maximum atomic E-state index is 3.70. The molecule has 0 aliphatic heterocycles. The first-order valence-corrected chi connectivity index (χ1v) is 2.84. The van der Waals surface area contributed by atoms with Crippen molar-refractivity contribution in [3.63, 3.8) is 0 Å². The van der Waals surface area contributed by atoms with Crippen molar-refractivity contribution in [1.29, 1.82) is 0 Å². The van der Waals surface area contributed by atoms with Crippen LogP contribution in [0.15, 0.2) is 24.8 Å². The molecule has 0 N–H and O–H groups in total. The van der Waals surface area contributed by atoms with Crippen molar-refractivity contribution in [1.82, 2.24) is 20.4 Å². The Morgan fingerprint density at radius 1 is 0.600 bits per heavy atom. The van der Waals surface area contributed by atoms with E-state index >= 15 is 0 Å². The summed E-state index contributed by atoms with van der Waals surface area (Å²) in [5.74, 6) is 0. The maximum Gasteiger partial charge on any atom is 0.0591 e. The number of aromatic nitrogens is 4. The van der Waals surface area contributed by atoms with Gasteiger partial charge in [-0.25, -0.2) is 0 Å². The summed E-state index contributed by atoms with van der Waals surface area (Å²) in [6.45, 7) is 0. The number of fused-ring (bicyclic) bond motifs is 1. The Morgan fingerprint density at radius 2 is 0.900 bits per heavy atom. The van der Waals surface area contributed by atoms with Gasteiger partial charge in [0.25, 0.3) is 0 Å². The first kappa shape index (κ1) is 5.22. The molecule has 2 heterocycles.